The summed E-state index contributed by atoms with van der Waals surface area (Å²) in [5, 5.41) is 0. The Morgan fingerprint density at radius 3 is 2.62 bits per heavy atom. The van der Waals surface area contributed by atoms with Crippen LogP contribution in [0.3, 0.4) is 0 Å². The molecule has 2 aromatic heterocycles. The molecule has 0 radical (unpaired) electrons. The molecule has 2 heterocycles. The number of nitrogens with one attached hydrogen (secondary N) is 1. The number of halogens is 1. The Balaban J connectivity index is 1.49. The van der Waals surface area contributed by atoms with E-state index in [1.54, 1.807) is 23.1 Å². The Bertz CT molecular complexity index is 1080. The van der Waals surface area contributed by atoms with Gasteiger partial charge in [-0.1, -0.05) is 24.3 Å². The lowest BCUT2D eigenvalue weighted by Gasteiger charge is -2.09. The monoisotopic (exact) mass is 408 g/mol. The molecule has 0 spiro atoms. The molecule has 128 valence electrons. The van der Waals surface area contributed by atoms with Gasteiger partial charge >= 0.3 is 0 Å². The highest BCUT2D eigenvalue weighted by molar-refractivity contribution is 9.10. The number of pyridine rings is 1. The van der Waals surface area contributed by atoms with E-state index in [0.29, 0.717) is 17.2 Å². The number of amides is 1. The van der Waals surface area contributed by atoms with Gasteiger partial charge in [-0.15, -0.1) is 0 Å². The highest BCUT2D eigenvalue weighted by atomic mass is 79.9. The van der Waals surface area contributed by atoms with Gasteiger partial charge in [-0.3, -0.25) is 10.2 Å². The third kappa shape index (κ3) is 3.29. The lowest BCUT2D eigenvalue weighted by molar-refractivity contribution is 0.101. The van der Waals surface area contributed by atoms with E-state index in [4.69, 9.17) is 4.74 Å². The van der Waals surface area contributed by atoms with Crippen molar-refractivity contribution in [2.75, 3.05) is 5.43 Å². The number of carbonyl (C=O) groups excluding carboxylic acids is 1. The van der Waals surface area contributed by atoms with Crippen molar-refractivity contribution in [2.45, 2.75) is 0 Å². The second kappa shape index (κ2) is 6.97. The molecule has 0 bridgehead atoms. The minimum atomic E-state index is -0.284. The summed E-state index contributed by atoms with van der Waals surface area (Å²) in [6.07, 6.45) is 3.04. The van der Waals surface area contributed by atoms with Crippen LogP contribution in [0.4, 0.5) is 0 Å². The summed E-state index contributed by atoms with van der Waals surface area (Å²) in [6, 6.07) is 18.4. The minimum absolute atomic E-state index is 0.284. The van der Waals surface area contributed by atoms with Gasteiger partial charge in [0.25, 0.3) is 5.91 Å². The van der Waals surface area contributed by atoms with Crippen LogP contribution in [0.5, 0.6) is 11.6 Å². The van der Waals surface area contributed by atoms with Crippen LogP contribution >= 0.6 is 15.9 Å². The van der Waals surface area contributed by atoms with Crippen molar-refractivity contribution in [2.24, 2.45) is 0 Å². The van der Waals surface area contributed by atoms with Crippen LogP contribution in [-0.4, -0.2) is 20.6 Å². The smallest absolute Gasteiger partial charge is 0.271 e. The van der Waals surface area contributed by atoms with Crippen LogP contribution in [0.1, 0.15) is 10.4 Å². The SMILES string of the molecule is O=C(Nn1cnc2ccccc21)c1ccc(Oc2ccccc2Br)nc1. The number of hydrogen-bond acceptors (Lipinski definition) is 4. The summed E-state index contributed by atoms with van der Waals surface area (Å²) in [4.78, 5) is 20.9. The molecule has 26 heavy (non-hydrogen) atoms. The van der Waals surface area contributed by atoms with Crippen molar-refractivity contribution < 1.29 is 9.53 Å². The fourth-order valence-corrected chi connectivity index (χ4v) is 2.80. The lowest BCUT2D eigenvalue weighted by atomic mass is 10.3. The molecule has 7 heteroatoms. The van der Waals surface area contributed by atoms with Gasteiger partial charge in [0.05, 0.1) is 21.1 Å². The van der Waals surface area contributed by atoms with Crippen LogP contribution in [0.2, 0.25) is 0 Å². The number of rotatable bonds is 4. The van der Waals surface area contributed by atoms with E-state index in [0.717, 1.165) is 15.5 Å². The summed E-state index contributed by atoms with van der Waals surface area (Å²) in [7, 11) is 0. The number of carbonyl (C=O) groups is 1. The Labute approximate surface area is 157 Å². The summed E-state index contributed by atoms with van der Waals surface area (Å²) in [5.41, 5.74) is 4.84. The van der Waals surface area contributed by atoms with Crippen molar-refractivity contribution in [1.29, 1.82) is 0 Å². The maximum Gasteiger partial charge on any atom is 0.271 e. The van der Waals surface area contributed by atoms with E-state index >= 15 is 0 Å². The number of hydrogen-bond donors (Lipinski definition) is 1. The molecule has 0 aliphatic heterocycles. The number of fused-ring (bicyclic) bond motifs is 1. The van der Waals surface area contributed by atoms with Gasteiger partial charge in [0.2, 0.25) is 5.88 Å². The van der Waals surface area contributed by atoms with Gasteiger partial charge in [-0.2, -0.15) is 0 Å². The Morgan fingerprint density at radius 2 is 1.81 bits per heavy atom. The van der Waals surface area contributed by atoms with Gasteiger partial charge in [0.15, 0.2) is 0 Å². The quantitative estimate of drug-likeness (QED) is 0.544. The zero-order valence-corrected chi connectivity index (χ0v) is 15.1. The van der Waals surface area contributed by atoms with Crippen molar-refractivity contribution in [3.05, 3.63) is 83.2 Å². The number of benzene rings is 2. The molecule has 1 amide bonds. The summed E-state index contributed by atoms with van der Waals surface area (Å²) >= 11 is 3.42. The molecule has 4 aromatic rings. The molecule has 0 saturated heterocycles. The van der Waals surface area contributed by atoms with Crippen LogP contribution < -0.4 is 10.2 Å². The molecule has 4 rings (SSSR count). The number of para-hydroxylation sites is 3. The van der Waals surface area contributed by atoms with Crippen LogP contribution in [0.25, 0.3) is 11.0 Å². The van der Waals surface area contributed by atoms with Crippen LogP contribution in [0.15, 0.2) is 77.7 Å². The second-order valence-corrected chi connectivity index (χ2v) is 6.32. The number of ether oxygens (including phenoxy) is 1. The van der Waals surface area contributed by atoms with Crippen molar-refractivity contribution in [3.63, 3.8) is 0 Å². The van der Waals surface area contributed by atoms with Gasteiger partial charge in [0.1, 0.15) is 12.1 Å². The molecule has 0 fully saturated rings. The normalized spacial score (nSPS) is 10.7. The summed E-state index contributed by atoms with van der Waals surface area (Å²) in [6.45, 7) is 0. The third-order valence-electron chi connectivity index (χ3n) is 3.73. The van der Waals surface area contributed by atoms with E-state index in [9.17, 15) is 4.79 Å². The topological polar surface area (TPSA) is 69.0 Å². The van der Waals surface area contributed by atoms with Crippen LogP contribution in [-0.2, 0) is 0 Å². The Kier molecular flexibility index (Phi) is 4.37. The average Bonchev–Trinajstić information content (AvgIpc) is 3.07. The van der Waals surface area contributed by atoms with E-state index < -0.39 is 0 Å². The number of imidazole rings is 1. The van der Waals surface area contributed by atoms with Crippen LogP contribution in [0, 0.1) is 0 Å². The molecule has 6 nitrogen and oxygen atoms in total. The second-order valence-electron chi connectivity index (χ2n) is 5.46. The zero-order valence-electron chi connectivity index (χ0n) is 13.5. The van der Waals surface area contributed by atoms with Gasteiger partial charge < -0.3 is 4.74 Å². The van der Waals surface area contributed by atoms with Crippen molar-refractivity contribution in [1.82, 2.24) is 14.6 Å². The Morgan fingerprint density at radius 1 is 1.00 bits per heavy atom. The number of nitrogens with zero attached hydrogens (tertiary/aromatic N) is 3. The molecular formula is C19H13BrN4O2. The van der Waals surface area contributed by atoms with E-state index in [-0.39, 0.29) is 5.91 Å². The molecule has 0 aliphatic rings. The molecule has 2 aromatic carbocycles. The van der Waals surface area contributed by atoms with Crippen molar-refractivity contribution >= 4 is 32.9 Å². The molecule has 1 N–H and O–H groups in total. The maximum absolute atomic E-state index is 12.4. The molecule has 0 unspecified atom stereocenters. The Hall–Kier alpha value is -3.19. The first-order valence-electron chi connectivity index (χ1n) is 7.82. The highest BCUT2D eigenvalue weighted by Gasteiger charge is 2.10. The van der Waals surface area contributed by atoms with Gasteiger partial charge in [-0.25, -0.2) is 14.6 Å². The van der Waals surface area contributed by atoms with Gasteiger partial charge in [-0.05, 0) is 46.3 Å². The third-order valence-corrected chi connectivity index (χ3v) is 4.38. The average molecular weight is 409 g/mol. The largest absolute Gasteiger partial charge is 0.438 e. The van der Waals surface area contributed by atoms with E-state index in [1.165, 1.54) is 6.20 Å². The highest BCUT2D eigenvalue weighted by Crippen LogP contribution is 2.28. The molecule has 0 saturated carbocycles. The van der Waals surface area contributed by atoms with E-state index in [1.807, 2.05) is 48.5 Å². The molecule has 0 aliphatic carbocycles. The first kappa shape index (κ1) is 16.3. The van der Waals surface area contributed by atoms with Crippen molar-refractivity contribution in [3.8, 4) is 11.6 Å². The predicted octanol–water partition coefficient (Wildman–Crippen LogP) is 4.37. The lowest BCUT2D eigenvalue weighted by Crippen LogP contribution is -2.22. The summed E-state index contributed by atoms with van der Waals surface area (Å²) in [5.74, 6) is 0.775. The first-order chi connectivity index (χ1) is 12.7. The fourth-order valence-electron chi connectivity index (χ4n) is 2.44. The molecule has 0 atom stereocenters. The first-order valence-corrected chi connectivity index (χ1v) is 8.62. The standard InChI is InChI=1S/C19H13BrN4O2/c20-14-5-1-4-8-17(14)26-18-10-9-13(11-21-18)19(25)23-24-12-22-15-6-2-3-7-16(15)24/h1-12H,(H,23,25). The fraction of sp³-hybridized carbons (Fsp3) is 0. The maximum atomic E-state index is 12.4. The zero-order chi connectivity index (χ0) is 17.9. The van der Waals surface area contributed by atoms with E-state index in [2.05, 4.69) is 31.3 Å². The van der Waals surface area contributed by atoms with Gasteiger partial charge in [0, 0.05) is 12.3 Å². The predicted molar refractivity (Wildman–Crippen MR) is 102 cm³/mol. The molecular weight excluding hydrogens is 396 g/mol. The number of aromatic nitrogens is 3. The summed E-state index contributed by atoms with van der Waals surface area (Å²) < 4.78 is 8.12. The minimum Gasteiger partial charge on any atom is -0.438 e.